The summed E-state index contributed by atoms with van der Waals surface area (Å²) in [5, 5.41) is 0. The predicted octanol–water partition coefficient (Wildman–Crippen LogP) is 7.33. The van der Waals surface area contributed by atoms with E-state index in [9.17, 15) is 0 Å². The van der Waals surface area contributed by atoms with Crippen LogP contribution in [-0.4, -0.2) is 6.16 Å². The zero-order valence-corrected chi connectivity index (χ0v) is 18.0. The van der Waals surface area contributed by atoms with Gasteiger partial charge in [0.2, 0.25) is 0 Å². The number of hydrogen-bond donors (Lipinski definition) is 0. The fourth-order valence-corrected chi connectivity index (χ4v) is 8.58. The lowest BCUT2D eigenvalue weighted by Gasteiger charge is -2.49. The van der Waals surface area contributed by atoms with Crippen LogP contribution in [0.25, 0.3) is 0 Å². The molecule has 1 unspecified atom stereocenters. The van der Waals surface area contributed by atoms with Crippen LogP contribution in [0.4, 0.5) is 0 Å². The van der Waals surface area contributed by atoms with Gasteiger partial charge in [-0.15, -0.1) is 9.24 Å². The van der Waals surface area contributed by atoms with E-state index in [-0.39, 0.29) is 0 Å². The molecule has 0 aromatic heterocycles. The van der Waals surface area contributed by atoms with Gasteiger partial charge in [0, 0.05) is 0 Å². The zero-order valence-electron chi connectivity index (χ0n) is 16.8. The first-order chi connectivity index (χ1) is 12.2. The molecule has 1 atom stereocenters. The third kappa shape index (κ3) is 4.83. The minimum Gasteiger partial charge on any atom is -0.138 e. The summed E-state index contributed by atoms with van der Waals surface area (Å²) < 4.78 is 0. The van der Waals surface area contributed by atoms with E-state index in [1.165, 1.54) is 66.3 Å². The highest BCUT2D eigenvalue weighted by molar-refractivity contribution is 7.16. The van der Waals surface area contributed by atoms with Crippen molar-refractivity contribution in [3.05, 3.63) is 0 Å². The summed E-state index contributed by atoms with van der Waals surface area (Å²) in [6.07, 6.45) is 23.2. The van der Waals surface area contributed by atoms with Gasteiger partial charge < -0.3 is 0 Å². The minimum atomic E-state index is 1.18. The Morgan fingerprint density at radius 3 is 0.760 bits per heavy atom. The fourth-order valence-electron chi connectivity index (χ4n) is 8.17. The van der Waals surface area contributed by atoms with Gasteiger partial charge >= 0.3 is 0 Å². The first kappa shape index (κ1) is 18.8. The maximum atomic E-state index is 2.70. The molecule has 1 heteroatoms. The molecule has 0 nitrogen and oxygen atoms in total. The summed E-state index contributed by atoms with van der Waals surface area (Å²) in [5.74, 6) is 9.42. The van der Waals surface area contributed by atoms with Crippen LogP contribution >= 0.6 is 9.24 Å². The highest BCUT2D eigenvalue weighted by Crippen LogP contribution is 2.54. The molecule has 0 N–H and O–H groups in total. The van der Waals surface area contributed by atoms with Crippen LogP contribution in [0.2, 0.25) is 0 Å². The molecule has 0 aromatic carbocycles. The van der Waals surface area contributed by atoms with Gasteiger partial charge in [0.25, 0.3) is 0 Å². The Morgan fingerprint density at radius 2 is 0.680 bits per heavy atom. The Balaban J connectivity index is 0.000000101. The average molecular weight is 363 g/mol. The maximum absolute atomic E-state index is 2.70. The Morgan fingerprint density at radius 1 is 0.480 bits per heavy atom. The minimum absolute atomic E-state index is 1.18. The van der Waals surface area contributed by atoms with E-state index >= 15 is 0 Å². The molecule has 8 rings (SSSR count). The lowest BCUT2D eigenvalue weighted by atomic mass is 9.56. The van der Waals surface area contributed by atoms with Crippen LogP contribution in [0.3, 0.4) is 0 Å². The first-order valence-corrected chi connectivity index (χ1v) is 12.7. The third-order valence-corrected chi connectivity index (χ3v) is 8.97. The largest absolute Gasteiger partial charge is 0.138 e. The molecule has 0 aliphatic heterocycles. The molecule has 0 saturated heterocycles. The molecular weight excluding hydrogens is 319 g/mol. The van der Waals surface area contributed by atoms with E-state index in [1.807, 2.05) is 0 Å². The fraction of sp³-hybridized carbons (Fsp3) is 1.00. The third-order valence-electron chi connectivity index (χ3n) is 8.56. The predicted molar refractivity (Wildman–Crippen MR) is 113 cm³/mol. The lowest BCUT2D eigenvalue weighted by Crippen LogP contribution is -2.38. The van der Waals surface area contributed by atoms with Crippen LogP contribution in [0.5, 0.6) is 0 Å². The van der Waals surface area contributed by atoms with Gasteiger partial charge in [-0.05, 0) is 131 Å². The molecule has 0 spiro atoms. The van der Waals surface area contributed by atoms with Gasteiger partial charge in [0.1, 0.15) is 0 Å². The summed E-state index contributed by atoms with van der Waals surface area (Å²) in [5.41, 5.74) is 0. The topological polar surface area (TPSA) is 0 Å². The first-order valence-electron chi connectivity index (χ1n) is 11.9. The second-order valence-electron chi connectivity index (χ2n) is 10.9. The van der Waals surface area contributed by atoms with Gasteiger partial charge in [-0.3, -0.25) is 0 Å². The molecular formula is C24H43P. The van der Waals surface area contributed by atoms with Crippen molar-refractivity contribution < 1.29 is 0 Å². The lowest BCUT2D eigenvalue weighted by molar-refractivity contribution is 0.0197. The average Bonchev–Trinajstić information content (AvgIpc) is 2.54. The molecule has 8 saturated carbocycles. The van der Waals surface area contributed by atoms with Crippen molar-refractivity contribution in [1.29, 1.82) is 0 Å². The Bertz CT molecular complexity index is 263. The molecule has 8 aliphatic rings. The maximum Gasteiger partial charge on any atom is -0.0381 e. The van der Waals surface area contributed by atoms with Gasteiger partial charge in [-0.2, -0.15) is 0 Å². The SMILES string of the molecule is C1C2CC3CC1CC(C2)C3.C1C2CC3CC1CC(C2)C3.CCCCP. The van der Waals surface area contributed by atoms with Gasteiger partial charge in [-0.25, -0.2) is 0 Å². The molecule has 0 heterocycles. The monoisotopic (exact) mass is 362 g/mol. The highest BCUT2D eigenvalue weighted by atomic mass is 31.0. The molecule has 0 amide bonds. The van der Waals surface area contributed by atoms with Crippen LogP contribution in [-0.2, 0) is 0 Å². The highest BCUT2D eigenvalue weighted by Gasteiger charge is 2.42. The van der Waals surface area contributed by atoms with Crippen molar-refractivity contribution in [2.24, 2.45) is 47.3 Å². The molecule has 8 bridgehead atoms. The zero-order chi connectivity index (χ0) is 17.2. The second kappa shape index (κ2) is 8.63. The normalized spacial score (nSPS) is 47.8. The smallest absolute Gasteiger partial charge is 0.0381 e. The van der Waals surface area contributed by atoms with Gasteiger partial charge in [0.15, 0.2) is 0 Å². The number of unbranched alkanes of at least 4 members (excludes halogenated alkanes) is 1. The Hall–Kier alpha value is 0.430. The van der Waals surface area contributed by atoms with Crippen LogP contribution < -0.4 is 0 Å². The number of rotatable bonds is 2. The van der Waals surface area contributed by atoms with Crippen molar-refractivity contribution in [2.45, 2.75) is 96.8 Å². The van der Waals surface area contributed by atoms with E-state index in [4.69, 9.17) is 0 Å². The van der Waals surface area contributed by atoms with Crippen molar-refractivity contribution in [3.8, 4) is 0 Å². The van der Waals surface area contributed by atoms with Crippen LogP contribution in [0.15, 0.2) is 0 Å². The standard InChI is InChI=1S/2C10H16.C4H11P/c2*1-7-2-9-4-8(1)5-10(3-7)6-9;1-2-3-4-5/h2*7-10H,1-6H2;2-5H2,1H3. The van der Waals surface area contributed by atoms with Crippen molar-refractivity contribution in [1.82, 2.24) is 0 Å². The van der Waals surface area contributed by atoms with Crippen LogP contribution in [0, 0.1) is 47.3 Å². The van der Waals surface area contributed by atoms with E-state index in [0.29, 0.717) is 0 Å². The molecule has 0 radical (unpaired) electrons. The molecule has 25 heavy (non-hydrogen) atoms. The summed E-state index contributed by atoms with van der Waals surface area (Å²) in [6.45, 7) is 2.20. The quantitative estimate of drug-likeness (QED) is 0.451. The van der Waals surface area contributed by atoms with E-state index in [2.05, 4.69) is 16.2 Å². The van der Waals surface area contributed by atoms with E-state index in [1.54, 1.807) is 77.0 Å². The Labute approximate surface area is 159 Å². The second-order valence-corrected chi connectivity index (χ2v) is 11.5. The molecule has 0 aromatic rings. The van der Waals surface area contributed by atoms with Crippen molar-refractivity contribution >= 4 is 9.24 Å². The van der Waals surface area contributed by atoms with Gasteiger partial charge in [-0.1, -0.05) is 19.8 Å². The molecule has 8 fully saturated rings. The molecule has 144 valence electrons. The summed E-state index contributed by atoms with van der Waals surface area (Å²) in [6, 6.07) is 0. The Kier molecular flexibility index (Phi) is 6.48. The van der Waals surface area contributed by atoms with E-state index < -0.39 is 0 Å². The van der Waals surface area contributed by atoms with Gasteiger partial charge in [0.05, 0.1) is 0 Å². The summed E-state index contributed by atoms with van der Waals surface area (Å²) in [4.78, 5) is 0. The van der Waals surface area contributed by atoms with Crippen LogP contribution in [0.1, 0.15) is 96.8 Å². The summed E-state index contributed by atoms with van der Waals surface area (Å²) in [7, 11) is 2.70. The summed E-state index contributed by atoms with van der Waals surface area (Å²) >= 11 is 0. The van der Waals surface area contributed by atoms with E-state index in [0.717, 1.165) is 0 Å². The molecule has 8 aliphatic carbocycles. The van der Waals surface area contributed by atoms with Crippen molar-refractivity contribution in [2.75, 3.05) is 6.16 Å². The number of hydrogen-bond acceptors (Lipinski definition) is 0. The van der Waals surface area contributed by atoms with Crippen molar-refractivity contribution in [3.63, 3.8) is 0 Å².